The van der Waals surface area contributed by atoms with Gasteiger partial charge in [-0.1, -0.05) is 12.1 Å². The third kappa shape index (κ3) is 6.21. The van der Waals surface area contributed by atoms with Gasteiger partial charge in [0, 0.05) is 0 Å². The minimum atomic E-state index is -1.08. The molecule has 0 saturated carbocycles. The minimum Gasteiger partial charge on any atom is -0.482 e. The lowest BCUT2D eigenvalue weighted by Crippen LogP contribution is -2.18. The zero-order chi connectivity index (χ0) is 17.2. The molecule has 0 aliphatic heterocycles. The fourth-order valence-corrected chi connectivity index (χ4v) is 1.59. The SMILES string of the molecule is CCOC(=O)C(=Cc1ccc(OCC(=O)O)cc1)C(=O)OCC. The Morgan fingerprint density at radius 3 is 1.96 bits per heavy atom. The van der Waals surface area contributed by atoms with Crippen molar-refractivity contribution in [2.75, 3.05) is 19.8 Å². The van der Waals surface area contributed by atoms with Gasteiger partial charge in [0.25, 0.3) is 0 Å². The van der Waals surface area contributed by atoms with Crippen LogP contribution in [0, 0.1) is 0 Å². The van der Waals surface area contributed by atoms with Gasteiger partial charge in [-0.3, -0.25) is 0 Å². The number of carbonyl (C=O) groups excluding carboxylic acids is 2. The van der Waals surface area contributed by atoms with Gasteiger partial charge in [-0.05, 0) is 37.6 Å². The molecule has 0 aliphatic rings. The molecule has 1 aromatic carbocycles. The Bertz CT molecular complexity index is 567. The van der Waals surface area contributed by atoms with Gasteiger partial charge in [0.15, 0.2) is 6.61 Å². The summed E-state index contributed by atoms with van der Waals surface area (Å²) in [5, 5.41) is 8.53. The van der Waals surface area contributed by atoms with E-state index in [1.165, 1.54) is 18.2 Å². The summed E-state index contributed by atoms with van der Waals surface area (Å²) in [5.41, 5.74) is 0.330. The summed E-state index contributed by atoms with van der Waals surface area (Å²) >= 11 is 0. The number of carboxylic acids is 1. The second-order valence-electron chi connectivity index (χ2n) is 4.25. The van der Waals surface area contributed by atoms with Crippen LogP contribution in [-0.2, 0) is 23.9 Å². The number of aliphatic carboxylic acids is 1. The molecule has 0 atom stereocenters. The van der Waals surface area contributed by atoms with Crippen molar-refractivity contribution in [3.63, 3.8) is 0 Å². The van der Waals surface area contributed by atoms with Crippen LogP contribution in [0.3, 0.4) is 0 Å². The number of carbonyl (C=O) groups is 3. The lowest BCUT2D eigenvalue weighted by Gasteiger charge is -2.07. The third-order valence-corrected chi connectivity index (χ3v) is 2.54. The van der Waals surface area contributed by atoms with Crippen molar-refractivity contribution < 1.29 is 33.7 Å². The molecule has 124 valence electrons. The molecule has 0 saturated heterocycles. The molecule has 0 spiro atoms. The average Bonchev–Trinajstić information content (AvgIpc) is 2.52. The van der Waals surface area contributed by atoms with Crippen molar-refractivity contribution in [2.24, 2.45) is 0 Å². The van der Waals surface area contributed by atoms with Crippen LogP contribution < -0.4 is 4.74 Å². The van der Waals surface area contributed by atoms with Crippen molar-refractivity contribution in [3.05, 3.63) is 35.4 Å². The van der Waals surface area contributed by atoms with Gasteiger partial charge >= 0.3 is 17.9 Å². The van der Waals surface area contributed by atoms with Crippen LogP contribution in [0.1, 0.15) is 19.4 Å². The van der Waals surface area contributed by atoms with E-state index in [0.29, 0.717) is 11.3 Å². The summed E-state index contributed by atoms with van der Waals surface area (Å²) in [6.07, 6.45) is 1.34. The van der Waals surface area contributed by atoms with E-state index in [2.05, 4.69) is 0 Å². The van der Waals surface area contributed by atoms with E-state index >= 15 is 0 Å². The number of carboxylic acid groups (broad SMARTS) is 1. The van der Waals surface area contributed by atoms with Crippen LogP contribution in [0.5, 0.6) is 5.75 Å². The number of ether oxygens (including phenoxy) is 3. The summed E-state index contributed by atoms with van der Waals surface area (Å²) in [7, 11) is 0. The maximum Gasteiger partial charge on any atom is 0.345 e. The zero-order valence-corrected chi connectivity index (χ0v) is 12.9. The van der Waals surface area contributed by atoms with Gasteiger partial charge in [0.05, 0.1) is 13.2 Å². The fraction of sp³-hybridized carbons (Fsp3) is 0.312. The van der Waals surface area contributed by atoms with Crippen LogP contribution in [0.25, 0.3) is 6.08 Å². The maximum atomic E-state index is 11.8. The number of benzene rings is 1. The molecule has 1 rings (SSSR count). The quantitative estimate of drug-likeness (QED) is 0.336. The van der Waals surface area contributed by atoms with Gasteiger partial charge in [-0.25, -0.2) is 14.4 Å². The highest BCUT2D eigenvalue weighted by Crippen LogP contribution is 2.16. The minimum absolute atomic E-state index is 0.136. The predicted molar refractivity (Wildman–Crippen MR) is 80.8 cm³/mol. The van der Waals surface area contributed by atoms with E-state index < -0.39 is 24.5 Å². The Hall–Kier alpha value is -2.83. The van der Waals surface area contributed by atoms with Crippen LogP contribution >= 0.6 is 0 Å². The molecule has 0 fully saturated rings. The van der Waals surface area contributed by atoms with Gasteiger partial charge in [0.2, 0.25) is 0 Å². The monoisotopic (exact) mass is 322 g/mol. The predicted octanol–water partition coefficient (Wildman–Crippen LogP) is 1.66. The number of hydrogen-bond donors (Lipinski definition) is 1. The molecule has 1 aromatic rings. The Morgan fingerprint density at radius 2 is 1.52 bits per heavy atom. The maximum absolute atomic E-state index is 11.8. The topological polar surface area (TPSA) is 99.1 Å². The highest BCUT2D eigenvalue weighted by atomic mass is 16.6. The first-order valence-electron chi connectivity index (χ1n) is 6.98. The van der Waals surface area contributed by atoms with Crippen molar-refractivity contribution in [1.29, 1.82) is 0 Å². The molecule has 7 nitrogen and oxygen atoms in total. The number of rotatable bonds is 8. The van der Waals surface area contributed by atoms with E-state index in [9.17, 15) is 14.4 Å². The lowest BCUT2D eigenvalue weighted by atomic mass is 10.1. The highest BCUT2D eigenvalue weighted by Gasteiger charge is 2.20. The molecule has 0 amide bonds. The van der Waals surface area contributed by atoms with Crippen LogP contribution in [0.4, 0.5) is 0 Å². The summed E-state index contributed by atoms with van der Waals surface area (Å²) in [6.45, 7) is 3.09. The van der Waals surface area contributed by atoms with E-state index in [4.69, 9.17) is 19.3 Å². The van der Waals surface area contributed by atoms with Crippen LogP contribution in [0.2, 0.25) is 0 Å². The summed E-state index contributed by atoms with van der Waals surface area (Å²) in [6, 6.07) is 6.22. The van der Waals surface area contributed by atoms with E-state index in [1.807, 2.05) is 0 Å². The van der Waals surface area contributed by atoms with Crippen molar-refractivity contribution in [2.45, 2.75) is 13.8 Å². The number of hydrogen-bond acceptors (Lipinski definition) is 6. The normalized spacial score (nSPS) is 9.65. The second-order valence-corrected chi connectivity index (χ2v) is 4.25. The first kappa shape index (κ1) is 18.2. The smallest absolute Gasteiger partial charge is 0.345 e. The average molecular weight is 322 g/mol. The Kier molecular flexibility index (Phi) is 7.32. The first-order valence-corrected chi connectivity index (χ1v) is 6.98. The van der Waals surface area contributed by atoms with Gasteiger partial charge in [-0.2, -0.15) is 0 Å². The first-order chi connectivity index (χ1) is 11.0. The molecule has 0 unspecified atom stereocenters. The molecular formula is C16H18O7. The van der Waals surface area contributed by atoms with Crippen molar-refractivity contribution in [1.82, 2.24) is 0 Å². The van der Waals surface area contributed by atoms with E-state index in [-0.39, 0.29) is 18.8 Å². The fourth-order valence-electron chi connectivity index (χ4n) is 1.59. The van der Waals surface area contributed by atoms with Crippen molar-refractivity contribution in [3.8, 4) is 5.75 Å². The third-order valence-electron chi connectivity index (χ3n) is 2.54. The summed E-state index contributed by atoms with van der Waals surface area (Å²) in [4.78, 5) is 34.1. The Balaban J connectivity index is 2.94. The largest absolute Gasteiger partial charge is 0.482 e. The molecule has 7 heteroatoms. The lowest BCUT2D eigenvalue weighted by molar-refractivity contribution is -0.146. The molecular weight excluding hydrogens is 304 g/mol. The summed E-state index contributed by atoms with van der Waals surface area (Å²) in [5.74, 6) is -2.26. The second kappa shape index (κ2) is 9.24. The van der Waals surface area contributed by atoms with Crippen molar-refractivity contribution >= 4 is 24.0 Å². The highest BCUT2D eigenvalue weighted by molar-refractivity contribution is 6.17. The molecule has 0 aliphatic carbocycles. The Morgan fingerprint density at radius 1 is 1.00 bits per heavy atom. The van der Waals surface area contributed by atoms with E-state index in [0.717, 1.165) is 0 Å². The molecule has 0 heterocycles. The molecule has 23 heavy (non-hydrogen) atoms. The summed E-state index contributed by atoms with van der Waals surface area (Å²) < 4.78 is 14.7. The molecule has 0 aromatic heterocycles. The standard InChI is InChI=1S/C16H18O7/c1-3-21-15(19)13(16(20)22-4-2)9-11-5-7-12(8-6-11)23-10-14(17)18/h5-9H,3-4,10H2,1-2H3,(H,17,18). The van der Waals surface area contributed by atoms with Gasteiger partial charge in [0.1, 0.15) is 11.3 Å². The number of esters is 2. The molecule has 0 radical (unpaired) electrons. The van der Waals surface area contributed by atoms with Crippen LogP contribution in [-0.4, -0.2) is 42.8 Å². The van der Waals surface area contributed by atoms with Crippen LogP contribution in [0.15, 0.2) is 29.8 Å². The van der Waals surface area contributed by atoms with E-state index in [1.54, 1.807) is 26.0 Å². The van der Waals surface area contributed by atoms with Gasteiger partial charge in [-0.15, -0.1) is 0 Å². The molecule has 1 N–H and O–H groups in total. The zero-order valence-electron chi connectivity index (χ0n) is 12.9. The molecule has 0 bridgehead atoms. The Labute approximate surface area is 133 Å². The van der Waals surface area contributed by atoms with Gasteiger partial charge < -0.3 is 19.3 Å².